The van der Waals surface area contributed by atoms with Gasteiger partial charge in [-0.25, -0.2) is 0 Å². The van der Waals surface area contributed by atoms with E-state index in [0.29, 0.717) is 6.42 Å². The van der Waals surface area contributed by atoms with Gasteiger partial charge in [0.25, 0.3) is 0 Å². The zero-order valence-electron chi connectivity index (χ0n) is 13.8. The van der Waals surface area contributed by atoms with E-state index in [1.165, 1.54) is 0 Å². The number of carbonyl (C=O) groups is 2. The number of hydrogen-bond acceptors (Lipinski definition) is 3. The van der Waals surface area contributed by atoms with Gasteiger partial charge < -0.3 is 9.64 Å². The van der Waals surface area contributed by atoms with E-state index in [1.807, 2.05) is 62.9 Å². The Morgan fingerprint density at radius 3 is 2.55 bits per heavy atom. The molecule has 1 amide bonds. The van der Waals surface area contributed by atoms with Crippen LogP contribution in [0.3, 0.4) is 0 Å². The SMILES string of the molecule is C[C@H](c1ccccc1)N1C(=O)CCC1CC(=O)OC(C)(C)C. The molecule has 1 heterocycles. The first-order chi connectivity index (χ1) is 10.3. The number of nitrogens with zero attached hydrogens (tertiary/aromatic N) is 1. The summed E-state index contributed by atoms with van der Waals surface area (Å²) in [5.41, 5.74) is 0.599. The van der Waals surface area contributed by atoms with E-state index in [2.05, 4.69) is 0 Å². The van der Waals surface area contributed by atoms with E-state index < -0.39 is 5.60 Å². The van der Waals surface area contributed by atoms with Crippen molar-refractivity contribution in [2.75, 3.05) is 0 Å². The third-order valence-corrected chi connectivity index (χ3v) is 3.89. The maximum absolute atomic E-state index is 12.2. The Morgan fingerprint density at radius 1 is 1.32 bits per heavy atom. The molecule has 4 nitrogen and oxygen atoms in total. The molecule has 0 N–H and O–H groups in total. The predicted molar refractivity (Wildman–Crippen MR) is 85.2 cm³/mol. The van der Waals surface area contributed by atoms with Gasteiger partial charge in [0.15, 0.2) is 0 Å². The molecule has 0 spiro atoms. The number of likely N-dealkylation sites (tertiary alicyclic amines) is 1. The molecule has 1 fully saturated rings. The standard InChI is InChI=1S/C18H25NO3/c1-13(14-8-6-5-7-9-14)19-15(10-11-16(19)20)12-17(21)22-18(2,3)4/h5-9,13,15H,10-12H2,1-4H3/t13-,15?/m1/s1. The molecule has 0 aliphatic carbocycles. The Labute approximate surface area is 132 Å². The highest BCUT2D eigenvalue weighted by atomic mass is 16.6. The molecule has 4 heteroatoms. The monoisotopic (exact) mass is 303 g/mol. The van der Waals surface area contributed by atoms with E-state index >= 15 is 0 Å². The predicted octanol–water partition coefficient (Wildman–Crippen LogP) is 3.47. The third-order valence-electron chi connectivity index (χ3n) is 3.89. The van der Waals surface area contributed by atoms with Gasteiger partial charge in [-0.2, -0.15) is 0 Å². The van der Waals surface area contributed by atoms with Crippen molar-refractivity contribution in [3.8, 4) is 0 Å². The zero-order valence-corrected chi connectivity index (χ0v) is 13.8. The largest absolute Gasteiger partial charge is 0.460 e. The van der Waals surface area contributed by atoms with Crippen LogP contribution in [0.15, 0.2) is 30.3 Å². The Morgan fingerprint density at radius 2 is 1.95 bits per heavy atom. The molecule has 22 heavy (non-hydrogen) atoms. The topological polar surface area (TPSA) is 46.6 Å². The summed E-state index contributed by atoms with van der Waals surface area (Å²) >= 11 is 0. The number of esters is 1. The van der Waals surface area contributed by atoms with Crippen LogP contribution in [-0.2, 0) is 14.3 Å². The van der Waals surface area contributed by atoms with Crippen LogP contribution >= 0.6 is 0 Å². The minimum Gasteiger partial charge on any atom is -0.460 e. The summed E-state index contributed by atoms with van der Waals surface area (Å²) in [5.74, 6) is -0.123. The molecule has 120 valence electrons. The summed E-state index contributed by atoms with van der Waals surface area (Å²) < 4.78 is 5.39. The summed E-state index contributed by atoms with van der Waals surface area (Å²) in [6.07, 6.45) is 1.49. The second-order valence-electron chi connectivity index (χ2n) is 6.87. The summed E-state index contributed by atoms with van der Waals surface area (Å²) in [5, 5.41) is 0. The van der Waals surface area contributed by atoms with Gasteiger partial charge in [0.05, 0.1) is 12.5 Å². The molecule has 0 aromatic heterocycles. The summed E-state index contributed by atoms with van der Waals surface area (Å²) in [4.78, 5) is 26.2. The smallest absolute Gasteiger partial charge is 0.308 e. The highest BCUT2D eigenvalue weighted by Crippen LogP contribution is 2.32. The Balaban J connectivity index is 2.08. The fourth-order valence-corrected chi connectivity index (χ4v) is 2.96. The molecule has 2 atom stereocenters. The molecule has 0 saturated carbocycles. The highest BCUT2D eigenvalue weighted by Gasteiger charge is 2.36. The van der Waals surface area contributed by atoms with Crippen molar-refractivity contribution in [1.29, 1.82) is 0 Å². The van der Waals surface area contributed by atoms with Crippen molar-refractivity contribution in [2.45, 2.75) is 64.6 Å². The highest BCUT2D eigenvalue weighted by molar-refractivity contribution is 5.81. The molecule has 1 aliphatic heterocycles. The van der Waals surface area contributed by atoms with Crippen LogP contribution in [0.5, 0.6) is 0 Å². The fourth-order valence-electron chi connectivity index (χ4n) is 2.96. The van der Waals surface area contributed by atoms with Crippen LogP contribution in [-0.4, -0.2) is 28.4 Å². The molecule has 1 aromatic carbocycles. The fraction of sp³-hybridized carbons (Fsp3) is 0.556. The first kappa shape index (κ1) is 16.5. The lowest BCUT2D eigenvalue weighted by Gasteiger charge is -2.31. The quantitative estimate of drug-likeness (QED) is 0.800. The van der Waals surface area contributed by atoms with Gasteiger partial charge in [0.2, 0.25) is 5.91 Å². The average Bonchev–Trinajstić information content (AvgIpc) is 2.77. The van der Waals surface area contributed by atoms with Gasteiger partial charge in [0.1, 0.15) is 5.60 Å². The van der Waals surface area contributed by atoms with Crippen LogP contribution in [0.25, 0.3) is 0 Å². The third kappa shape index (κ3) is 4.09. The van der Waals surface area contributed by atoms with Crippen molar-refractivity contribution in [1.82, 2.24) is 4.90 Å². The Bertz CT molecular complexity index is 533. The van der Waals surface area contributed by atoms with Gasteiger partial charge in [-0.15, -0.1) is 0 Å². The second-order valence-corrected chi connectivity index (χ2v) is 6.87. The van der Waals surface area contributed by atoms with Crippen LogP contribution < -0.4 is 0 Å². The maximum Gasteiger partial charge on any atom is 0.308 e. The first-order valence-corrected chi connectivity index (χ1v) is 7.86. The average molecular weight is 303 g/mol. The molecule has 1 aliphatic rings. The molecule has 1 unspecified atom stereocenters. The van der Waals surface area contributed by atoms with Crippen molar-refractivity contribution in [3.05, 3.63) is 35.9 Å². The number of benzene rings is 1. The normalized spacial score (nSPS) is 20.1. The van der Waals surface area contributed by atoms with Crippen molar-refractivity contribution in [3.63, 3.8) is 0 Å². The lowest BCUT2D eigenvalue weighted by atomic mass is 10.0. The van der Waals surface area contributed by atoms with E-state index in [4.69, 9.17) is 4.74 Å². The van der Waals surface area contributed by atoms with Crippen LogP contribution in [0, 0.1) is 0 Å². The van der Waals surface area contributed by atoms with E-state index in [9.17, 15) is 9.59 Å². The van der Waals surface area contributed by atoms with Gasteiger partial charge >= 0.3 is 5.97 Å². The zero-order chi connectivity index (χ0) is 16.3. The molecule has 2 rings (SSSR count). The summed E-state index contributed by atoms with van der Waals surface area (Å²) in [7, 11) is 0. The minimum absolute atomic E-state index is 0.0244. The number of carbonyl (C=O) groups excluding carboxylic acids is 2. The van der Waals surface area contributed by atoms with E-state index in [-0.39, 0.29) is 30.4 Å². The number of amides is 1. The maximum atomic E-state index is 12.2. The molecular formula is C18H25NO3. The lowest BCUT2D eigenvalue weighted by molar-refractivity contribution is -0.156. The second kappa shape index (κ2) is 6.51. The first-order valence-electron chi connectivity index (χ1n) is 7.86. The lowest BCUT2D eigenvalue weighted by Crippen LogP contribution is -2.38. The minimum atomic E-state index is -0.491. The van der Waals surface area contributed by atoms with Gasteiger partial charge in [0, 0.05) is 12.5 Å². The Kier molecular flexibility index (Phi) is 4.89. The molecule has 1 saturated heterocycles. The Hall–Kier alpha value is -1.84. The van der Waals surface area contributed by atoms with E-state index in [0.717, 1.165) is 12.0 Å². The number of hydrogen-bond donors (Lipinski definition) is 0. The molecular weight excluding hydrogens is 278 g/mol. The van der Waals surface area contributed by atoms with Crippen molar-refractivity contribution in [2.24, 2.45) is 0 Å². The van der Waals surface area contributed by atoms with Gasteiger partial charge in [-0.05, 0) is 39.7 Å². The summed E-state index contributed by atoms with van der Waals surface area (Å²) in [6, 6.07) is 9.83. The van der Waals surface area contributed by atoms with Gasteiger partial charge in [-0.1, -0.05) is 30.3 Å². The van der Waals surface area contributed by atoms with Crippen molar-refractivity contribution >= 4 is 11.9 Å². The molecule has 0 radical (unpaired) electrons. The van der Waals surface area contributed by atoms with Crippen LogP contribution in [0.1, 0.15) is 58.6 Å². The van der Waals surface area contributed by atoms with Crippen LogP contribution in [0.4, 0.5) is 0 Å². The summed E-state index contributed by atoms with van der Waals surface area (Å²) in [6.45, 7) is 7.58. The van der Waals surface area contributed by atoms with Crippen molar-refractivity contribution < 1.29 is 14.3 Å². The number of rotatable bonds is 4. The van der Waals surface area contributed by atoms with E-state index in [1.54, 1.807) is 0 Å². The molecule has 0 bridgehead atoms. The van der Waals surface area contributed by atoms with Gasteiger partial charge in [-0.3, -0.25) is 9.59 Å². The molecule has 1 aromatic rings. The number of ether oxygens (including phenoxy) is 1. The van der Waals surface area contributed by atoms with Crippen LogP contribution in [0.2, 0.25) is 0 Å².